The zero-order valence-corrected chi connectivity index (χ0v) is 17.1. The molecule has 0 saturated carbocycles. The third-order valence-electron chi connectivity index (χ3n) is 5.67. The van der Waals surface area contributed by atoms with Gasteiger partial charge in [0.2, 0.25) is 5.88 Å². The molecule has 4 amide bonds. The molecular weight excluding hydrogens is 403 g/mol. The summed E-state index contributed by atoms with van der Waals surface area (Å²) in [7, 11) is 0. The molecule has 1 aromatic heterocycles. The monoisotopic (exact) mass is 426 g/mol. The van der Waals surface area contributed by atoms with E-state index < -0.39 is 24.2 Å². The Hall–Kier alpha value is -3.49. The van der Waals surface area contributed by atoms with E-state index in [-0.39, 0.29) is 17.6 Å². The van der Waals surface area contributed by atoms with Gasteiger partial charge in [-0.05, 0) is 30.2 Å². The van der Waals surface area contributed by atoms with Gasteiger partial charge in [-0.2, -0.15) is 0 Å². The fourth-order valence-electron chi connectivity index (χ4n) is 3.82. The molecule has 3 heterocycles. The van der Waals surface area contributed by atoms with Gasteiger partial charge in [-0.15, -0.1) is 0 Å². The van der Waals surface area contributed by atoms with Crippen LogP contribution in [0, 0.1) is 6.92 Å². The Balaban J connectivity index is 1.37. The molecule has 1 aromatic carbocycles. The molecule has 2 N–H and O–H groups in total. The van der Waals surface area contributed by atoms with E-state index in [1.807, 2.05) is 24.4 Å². The number of likely N-dealkylation sites (tertiary alicyclic amines) is 1. The fourth-order valence-corrected chi connectivity index (χ4v) is 3.82. The second-order valence-corrected chi connectivity index (χ2v) is 7.81. The summed E-state index contributed by atoms with van der Waals surface area (Å²) in [6, 6.07) is 9.13. The number of amides is 4. The van der Waals surface area contributed by atoms with E-state index in [1.165, 1.54) is 12.1 Å². The number of imide groups is 1. The lowest BCUT2D eigenvalue weighted by Crippen LogP contribution is -2.46. The maximum atomic E-state index is 13.7. The van der Waals surface area contributed by atoms with Crippen LogP contribution in [0.1, 0.15) is 34.3 Å². The summed E-state index contributed by atoms with van der Waals surface area (Å²) in [4.78, 5) is 42.4. The number of aromatic nitrogens is 1. The average molecular weight is 426 g/mol. The lowest BCUT2D eigenvalue weighted by atomic mass is 9.90. The number of nitrogens with zero attached hydrogens (tertiary/aromatic N) is 2. The summed E-state index contributed by atoms with van der Waals surface area (Å²) in [5, 5.41) is 4.38. The predicted octanol–water partition coefficient (Wildman–Crippen LogP) is 2.08. The molecule has 2 aliphatic rings. The van der Waals surface area contributed by atoms with Crippen LogP contribution < -0.4 is 15.4 Å². The highest BCUT2D eigenvalue weighted by molar-refractivity contribution is 6.07. The maximum Gasteiger partial charge on any atom is 0.322 e. The van der Waals surface area contributed by atoms with Crippen molar-refractivity contribution in [2.45, 2.75) is 31.4 Å². The molecule has 0 unspecified atom stereocenters. The van der Waals surface area contributed by atoms with Crippen LogP contribution in [0.2, 0.25) is 0 Å². The van der Waals surface area contributed by atoms with Crippen LogP contribution in [0.15, 0.2) is 42.6 Å². The molecular formula is C22H23FN4O4. The summed E-state index contributed by atoms with van der Waals surface area (Å²) < 4.78 is 19.6. The first kappa shape index (κ1) is 20.8. The number of hydrogen-bond acceptors (Lipinski definition) is 5. The molecule has 1 atom stereocenters. The highest BCUT2D eigenvalue weighted by Crippen LogP contribution is 2.27. The van der Waals surface area contributed by atoms with Crippen LogP contribution in [0.25, 0.3) is 0 Å². The van der Waals surface area contributed by atoms with Crippen molar-refractivity contribution in [2.24, 2.45) is 0 Å². The van der Waals surface area contributed by atoms with E-state index in [9.17, 15) is 18.8 Å². The van der Waals surface area contributed by atoms with Gasteiger partial charge in [0.05, 0.1) is 0 Å². The second-order valence-electron chi connectivity index (χ2n) is 7.81. The minimum atomic E-state index is -1.75. The molecule has 2 fully saturated rings. The van der Waals surface area contributed by atoms with Crippen molar-refractivity contribution in [3.63, 3.8) is 0 Å². The summed E-state index contributed by atoms with van der Waals surface area (Å²) >= 11 is 0. The lowest BCUT2D eigenvalue weighted by molar-refractivity contribution is -0.124. The van der Waals surface area contributed by atoms with Crippen molar-refractivity contribution in [1.82, 2.24) is 20.5 Å². The molecule has 2 saturated heterocycles. The van der Waals surface area contributed by atoms with E-state index >= 15 is 0 Å². The highest BCUT2D eigenvalue weighted by atomic mass is 19.1. The minimum absolute atomic E-state index is 0.00413. The van der Waals surface area contributed by atoms with Gasteiger partial charge in [0.15, 0.2) is 5.54 Å². The number of hydrogen-bond donors (Lipinski definition) is 2. The number of nitrogens with one attached hydrogen (secondary N) is 2. The van der Waals surface area contributed by atoms with E-state index in [1.54, 1.807) is 23.2 Å². The zero-order chi connectivity index (χ0) is 22.0. The number of piperidine rings is 1. The standard InChI is InChI=1S/C22H23FN4O4/c1-14-2-7-18(24-12-14)31-17-8-10-27(11-9-17)19(28)15-3-5-16(6-4-15)22(13-23)20(29)25-21(30)26-22/h2-7,12,17H,8-11,13H2,1H3,(H2,25,26,29,30)/t22-/m0/s1. The zero-order valence-electron chi connectivity index (χ0n) is 17.1. The van der Waals surface area contributed by atoms with Crippen molar-refractivity contribution < 1.29 is 23.5 Å². The quantitative estimate of drug-likeness (QED) is 0.713. The van der Waals surface area contributed by atoms with Crippen LogP contribution >= 0.6 is 0 Å². The highest BCUT2D eigenvalue weighted by Gasteiger charge is 2.48. The number of rotatable bonds is 5. The maximum absolute atomic E-state index is 13.7. The molecule has 0 radical (unpaired) electrons. The van der Waals surface area contributed by atoms with Crippen molar-refractivity contribution in [3.8, 4) is 5.88 Å². The van der Waals surface area contributed by atoms with Crippen molar-refractivity contribution in [1.29, 1.82) is 0 Å². The summed E-state index contributed by atoms with van der Waals surface area (Å²) in [6.07, 6.45) is 3.13. The fraction of sp³-hybridized carbons (Fsp3) is 0.364. The molecule has 0 spiro atoms. The van der Waals surface area contributed by atoms with Crippen LogP contribution in [0.5, 0.6) is 5.88 Å². The molecule has 2 aliphatic heterocycles. The van der Waals surface area contributed by atoms with Crippen LogP contribution in [0.3, 0.4) is 0 Å². The predicted molar refractivity (Wildman–Crippen MR) is 109 cm³/mol. The third-order valence-corrected chi connectivity index (χ3v) is 5.67. The van der Waals surface area contributed by atoms with Crippen molar-refractivity contribution in [3.05, 3.63) is 59.3 Å². The second kappa shape index (κ2) is 8.33. The number of alkyl halides is 1. The van der Waals surface area contributed by atoms with Gasteiger partial charge in [-0.3, -0.25) is 14.9 Å². The van der Waals surface area contributed by atoms with Gasteiger partial charge in [-0.25, -0.2) is 14.2 Å². The number of halogens is 1. The summed E-state index contributed by atoms with van der Waals surface area (Å²) in [6.45, 7) is 1.97. The minimum Gasteiger partial charge on any atom is -0.474 e. The number of ether oxygens (including phenoxy) is 1. The number of carbonyl (C=O) groups is 3. The Bertz CT molecular complexity index is 988. The van der Waals surface area contributed by atoms with Crippen LogP contribution in [-0.2, 0) is 10.3 Å². The van der Waals surface area contributed by atoms with Gasteiger partial charge in [0, 0.05) is 43.8 Å². The molecule has 0 bridgehead atoms. The molecule has 9 heteroatoms. The van der Waals surface area contributed by atoms with E-state index in [2.05, 4.69) is 10.3 Å². The number of carbonyl (C=O) groups excluding carboxylic acids is 3. The third kappa shape index (κ3) is 4.08. The summed E-state index contributed by atoms with van der Waals surface area (Å²) in [5.41, 5.74) is 0.0278. The first-order valence-electron chi connectivity index (χ1n) is 10.1. The first-order chi connectivity index (χ1) is 14.9. The van der Waals surface area contributed by atoms with Crippen molar-refractivity contribution >= 4 is 17.8 Å². The lowest BCUT2D eigenvalue weighted by Gasteiger charge is -2.32. The van der Waals surface area contributed by atoms with E-state index in [4.69, 9.17) is 4.74 Å². The average Bonchev–Trinajstić information content (AvgIpc) is 3.09. The van der Waals surface area contributed by atoms with Gasteiger partial charge in [-0.1, -0.05) is 18.2 Å². The van der Waals surface area contributed by atoms with Crippen LogP contribution in [-0.4, -0.2) is 53.6 Å². The largest absolute Gasteiger partial charge is 0.474 e. The van der Waals surface area contributed by atoms with E-state index in [0.717, 1.165) is 5.56 Å². The Labute approximate surface area is 178 Å². The Kier molecular flexibility index (Phi) is 5.58. The Morgan fingerprint density at radius 3 is 2.45 bits per heavy atom. The molecule has 8 nitrogen and oxygen atoms in total. The Morgan fingerprint density at radius 1 is 1.19 bits per heavy atom. The first-order valence-corrected chi connectivity index (χ1v) is 10.1. The number of pyridine rings is 1. The topological polar surface area (TPSA) is 101 Å². The molecule has 4 rings (SSSR count). The molecule has 31 heavy (non-hydrogen) atoms. The molecule has 162 valence electrons. The Morgan fingerprint density at radius 2 is 1.90 bits per heavy atom. The van der Waals surface area contributed by atoms with Gasteiger partial charge in [0.1, 0.15) is 12.8 Å². The molecule has 0 aliphatic carbocycles. The SMILES string of the molecule is Cc1ccc(OC2CCN(C(=O)c3ccc([C@]4(CF)NC(=O)NC4=O)cc3)CC2)nc1. The smallest absolute Gasteiger partial charge is 0.322 e. The van der Waals surface area contributed by atoms with Crippen LogP contribution in [0.4, 0.5) is 9.18 Å². The normalized spacial score (nSPS) is 21.5. The van der Waals surface area contributed by atoms with Gasteiger partial charge >= 0.3 is 6.03 Å². The summed E-state index contributed by atoms with van der Waals surface area (Å²) in [5.74, 6) is -0.312. The van der Waals surface area contributed by atoms with E-state index in [0.29, 0.717) is 37.4 Å². The number of urea groups is 1. The number of benzene rings is 1. The molecule has 2 aromatic rings. The van der Waals surface area contributed by atoms with Gasteiger partial charge < -0.3 is 15.0 Å². The number of aryl methyl sites for hydroxylation is 1. The van der Waals surface area contributed by atoms with Gasteiger partial charge in [0.25, 0.3) is 11.8 Å². The van der Waals surface area contributed by atoms with Crippen molar-refractivity contribution in [2.75, 3.05) is 19.8 Å².